The zero-order valence-corrected chi connectivity index (χ0v) is 14.1. The first-order chi connectivity index (χ1) is 10.9. The molecule has 1 unspecified atom stereocenters. The Morgan fingerprint density at radius 2 is 2.17 bits per heavy atom. The van der Waals surface area contributed by atoms with Crippen molar-refractivity contribution in [3.8, 4) is 0 Å². The number of carbonyl (C=O) groups is 1. The van der Waals surface area contributed by atoms with E-state index in [9.17, 15) is 4.79 Å². The third-order valence-corrected chi connectivity index (χ3v) is 4.00. The number of amides is 1. The van der Waals surface area contributed by atoms with Gasteiger partial charge < -0.3 is 19.9 Å². The number of anilines is 1. The van der Waals surface area contributed by atoms with Gasteiger partial charge >= 0.3 is 6.09 Å². The van der Waals surface area contributed by atoms with Gasteiger partial charge in [0.1, 0.15) is 5.60 Å². The maximum Gasteiger partial charge on any atom is 0.410 e. The van der Waals surface area contributed by atoms with E-state index in [1.165, 1.54) is 5.39 Å². The molecule has 1 aliphatic rings. The molecule has 0 spiro atoms. The zero-order chi connectivity index (χ0) is 16.4. The van der Waals surface area contributed by atoms with Crippen LogP contribution in [-0.2, 0) is 4.74 Å². The summed E-state index contributed by atoms with van der Waals surface area (Å²) in [6.45, 7) is 7.15. The molecular formula is C18H25N3O2. The molecule has 2 heterocycles. The highest BCUT2D eigenvalue weighted by Gasteiger charge is 2.27. The number of fused-ring (bicyclic) bond motifs is 1. The zero-order valence-electron chi connectivity index (χ0n) is 14.1. The number of benzene rings is 1. The molecule has 1 aromatic heterocycles. The van der Waals surface area contributed by atoms with Crippen molar-refractivity contribution < 1.29 is 9.53 Å². The van der Waals surface area contributed by atoms with E-state index in [4.69, 9.17) is 4.74 Å². The van der Waals surface area contributed by atoms with Gasteiger partial charge in [-0.1, -0.05) is 0 Å². The number of nitrogens with one attached hydrogen (secondary N) is 2. The van der Waals surface area contributed by atoms with E-state index in [1.807, 2.05) is 27.0 Å². The van der Waals surface area contributed by atoms with Gasteiger partial charge in [0.25, 0.3) is 0 Å². The van der Waals surface area contributed by atoms with E-state index >= 15 is 0 Å². The van der Waals surface area contributed by atoms with E-state index < -0.39 is 5.60 Å². The maximum absolute atomic E-state index is 12.2. The summed E-state index contributed by atoms with van der Waals surface area (Å²) in [5, 5.41) is 4.74. The molecule has 2 aromatic rings. The van der Waals surface area contributed by atoms with Gasteiger partial charge in [0.15, 0.2) is 0 Å². The number of H-pyrrole nitrogens is 1. The summed E-state index contributed by atoms with van der Waals surface area (Å²) >= 11 is 0. The van der Waals surface area contributed by atoms with Crippen LogP contribution in [0.15, 0.2) is 30.5 Å². The molecule has 1 atom stereocenters. The standard InChI is InChI=1S/C18H25N3O2/c1-18(2,3)23-17(22)21-10-4-5-15(12-21)20-14-6-7-16-13(11-14)8-9-19-16/h6-9,11,15,19-20H,4-5,10,12H2,1-3H3. The monoisotopic (exact) mass is 315 g/mol. The number of nitrogens with zero attached hydrogens (tertiary/aromatic N) is 1. The Bertz CT molecular complexity index is 687. The second-order valence-corrected chi connectivity index (χ2v) is 7.19. The van der Waals surface area contributed by atoms with E-state index in [-0.39, 0.29) is 12.1 Å². The van der Waals surface area contributed by atoms with E-state index in [2.05, 4.69) is 34.6 Å². The fourth-order valence-corrected chi connectivity index (χ4v) is 2.97. The Labute approximate surface area is 137 Å². The molecule has 1 saturated heterocycles. The van der Waals surface area contributed by atoms with Crippen LogP contribution in [0.3, 0.4) is 0 Å². The maximum atomic E-state index is 12.2. The molecule has 5 heteroatoms. The predicted molar refractivity (Wildman–Crippen MR) is 92.8 cm³/mol. The Balaban J connectivity index is 1.63. The minimum atomic E-state index is -0.448. The largest absolute Gasteiger partial charge is 0.444 e. The van der Waals surface area contributed by atoms with Crippen molar-refractivity contribution in [3.63, 3.8) is 0 Å². The van der Waals surface area contributed by atoms with Gasteiger partial charge in [0.2, 0.25) is 0 Å². The van der Waals surface area contributed by atoms with Gasteiger partial charge in [-0.2, -0.15) is 0 Å². The smallest absolute Gasteiger partial charge is 0.410 e. The number of ether oxygens (including phenoxy) is 1. The van der Waals surface area contributed by atoms with Crippen LogP contribution in [0.25, 0.3) is 10.9 Å². The Morgan fingerprint density at radius 1 is 1.35 bits per heavy atom. The van der Waals surface area contributed by atoms with Crippen molar-refractivity contribution in [1.29, 1.82) is 0 Å². The Kier molecular flexibility index (Phi) is 4.20. The minimum absolute atomic E-state index is 0.218. The molecule has 0 bridgehead atoms. The first kappa shape index (κ1) is 15.7. The summed E-state index contributed by atoms with van der Waals surface area (Å²) < 4.78 is 5.48. The highest BCUT2D eigenvalue weighted by Crippen LogP contribution is 2.22. The molecule has 0 radical (unpaired) electrons. The third kappa shape index (κ3) is 3.97. The lowest BCUT2D eigenvalue weighted by atomic mass is 10.1. The van der Waals surface area contributed by atoms with Crippen LogP contribution in [0.5, 0.6) is 0 Å². The summed E-state index contributed by atoms with van der Waals surface area (Å²) in [5.74, 6) is 0. The van der Waals surface area contributed by atoms with Crippen molar-refractivity contribution in [2.45, 2.75) is 45.3 Å². The van der Waals surface area contributed by atoms with Gasteiger partial charge in [-0.3, -0.25) is 0 Å². The number of aromatic nitrogens is 1. The van der Waals surface area contributed by atoms with Gasteiger partial charge in [-0.25, -0.2) is 4.79 Å². The van der Waals surface area contributed by atoms with Crippen LogP contribution in [0.2, 0.25) is 0 Å². The molecule has 5 nitrogen and oxygen atoms in total. The van der Waals surface area contributed by atoms with Crippen molar-refractivity contribution in [2.75, 3.05) is 18.4 Å². The van der Waals surface area contributed by atoms with E-state index in [0.717, 1.165) is 30.6 Å². The lowest BCUT2D eigenvalue weighted by molar-refractivity contribution is 0.0206. The molecule has 0 saturated carbocycles. The van der Waals surface area contributed by atoms with Gasteiger partial charge in [-0.15, -0.1) is 0 Å². The van der Waals surface area contributed by atoms with Gasteiger partial charge in [-0.05, 0) is 57.9 Å². The quantitative estimate of drug-likeness (QED) is 0.881. The Hall–Kier alpha value is -2.17. The molecule has 3 rings (SSSR count). The first-order valence-corrected chi connectivity index (χ1v) is 8.22. The second kappa shape index (κ2) is 6.14. The molecule has 0 aliphatic carbocycles. The van der Waals surface area contributed by atoms with Gasteiger partial charge in [0.05, 0.1) is 0 Å². The lowest BCUT2D eigenvalue weighted by Crippen LogP contribution is -2.46. The normalized spacial score (nSPS) is 18.9. The number of hydrogen-bond donors (Lipinski definition) is 2. The molecular weight excluding hydrogens is 290 g/mol. The number of carbonyl (C=O) groups excluding carboxylic acids is 1. The molecule has 2 N–H and O–H groups in total. The minimum Gasteiger partial charge on any atom is -0.444 e. The summed E-state index contributed by atoms with van der Waals surface area (Å²) in [6, 6.07) is 8.61. The molecule has 124 valence electrons. The van der Waals surface area contributed by atoms with Crippen LogP contribution < -0.4 is 5.32 Å². The van der Waals surface area contributed by atoms with Crippen LogP contribution in [0, 0.1) is 0 Å². The number of hydrogen-bond acceptors (Lipinski definition) is 3. The summed E-state index contributed by atoms with van der Waals surface area (Å²) in [4.78, 5) is 17.2. The fourth-order valence-electron chi connectivity index (χ4n) is 2.97. The third-order valence-electron chi connectivity index (χ3n) is 4.00. The molecule has 1 amide bonds. The Morgan fingerprint density at radius 3 is 2.96 bits per heavy atom. The summed E-state index contributed by atoms with van der Waals surface area (Å²) in [6.07, 6.45) is 3.78. The van der Waals surface area contributed by atoms with E-state index in [1.54, 1.807) is 4.90 Å². The van der Waals surface area contributed by atoms with Crippen LogP contribution in [-0.4, -0.2) is 40.7 Å². The van der Waals surface area contributed by atoms with Crippen LogP contribution in [0.4, 0.5) is 10.5 Å². The highest BCUT2D eigenvalue weighted by atomic mass is 16.6. The predicted octanol–water partition coefficient (Wildman–Crippen LogP) is 3.98. The summed E-state index contributed by atoms with van der Waals surface area (Å²) in [5.41, 5.74) is 1.78. The SMILES string of the molecule is CC(C)(C)OC(=O)N1CCCC(Nc2ccc3[nH]ccc3c2)C1. The summed E-state index contributed by atoms with van der Waals surface area (Å²) in [7, 11) is 0. The second-order valence-electron chi connectivity index (χ2n) is 7.19. The number of likely N-dealkylation sites (tertiary alicyclic amines) is 1. The average molecular weight is 315 g/mol. The highest BCUT2D eigenvalue weighted by molar-refractivity contribution is 5.83. The first-order valence-electron chi connectivity index (χ1n) is 8.22. The van der Waals surface area contributed by atoms with E-state index in [0.29, 0.717) is 6.54 Å². The van der Waals surface area contributed by atoms with Gasteiger partial charge in [0, 0.05) is 41.9 Å². The van der Waals surface area contributed by atoms with Crippen molar-refractivity contribution >= 4 is 22.7 Å². The molecule has 1 aromatic carbocycles. The number of aromatic amines is 1. The topological polar surface area (TPSA) is 57.4 Å². The fraction of sp³-hybridized carbons (Fsp3) is 0.500. The number of piperidine rings is 1. The molecule has 1 fully saturated rings. The van der Waals surface area contributed by atoms with Crippen LogP contribution in [0.1, 0.15) is 33.6 Å². The molecule has 23 heavy (non-hydrogen) atoms. The molecule has 1 aliphatic heterocycles. The number of rotatable bonds is 2. The van der Waals surface area contributed by atoms with Crippen LogP contribution >= 0.6 is 0 Å². The van der Waals surface area contributed by atoms with Crippen molar-refractivity contribution in [1.82, 2.24) is 9.88 Å². The van der Waals surface area contributed by atoms with Crippen molar-refractivity contribution in [2.24, 2.45) is 0 Å². The average Bonchev–Trinajstić information content (AvgIpc) is 2.93. The van der Waals surface area contributed by atoms with Crippen molar-refractivity contribution in [3.05, 3.63) is 30.5 Å². The lowest BCUT2D eigenvalue weighted by Gasteiger charge is -2.34.